The molecule has 0 aliphatic rings. The van der Waals surface area contributed by atoms with E-state index >= 15 is 0 Å². The van der Waals surface area contributed by atoms with Crippen LogP contribution in [0.15, 0.2) is 65.1 Å². The summed E-state index contributed by atoms with van der Waals surface area (Å²) >= 11 is 0. The maximum atomic E-state index is 12.8. The average Bonchev–Trinajstić information content (AvgIpc) is 2.65. The molecule has 0 aliphatic heterocycles. The quantitative estimate of drug-likeness (QED) is 0.340. The summed E-state index contributed by atoms with van der Waals surface area (Å²) in [7, 11) is -2.72. The van der Waals surface area contributed by atoms with E-state index in [2.05, 4.69) is 11.7 Å². The van der Waals surface area contributed by atoms with Crippen LogP contribution in [0, 0.1) is 18.3 Å². The van der Waals surface area contributed by atoms with Crippen LogP contribution in [0.25, 0.3) is 0 Å². The molecular formula is C19H17N3O3S. The van der Waals surface area contributed by atoms with Gasteiger partial charge in [0.15, 0.2) is 5.78 Å². The molecule has 132 valence electrons. The van der Waals surface area contributed by atoms with Crippen LogP contribution in [0.4, 0.5) is 0 Å². The van der Waals surface area contributed by atoms with E-state index in [4.69, 9.17) is 5.26 Å². The van der Waals surface area contributed by atoms with Crippen LogP contribution in [0.2, 0.25) is 0 Å². The summed E-state index contributed by atoms with van der Waals surface area (Å²) in [4.78, 5) is 11.9. The summed E-state index contributed by atoms with van der Waals surface area (Å²) in [6.07, 6.45) is 2.44. The molecule has 6 nitrogen and oxygen atoms in total. The topological polar surface area (TPSA) is 90.6 Å². The highest BCUT2D eigenvalue weighted by Crippen LogP contribution is 2.22. The van der Waals surface area contributed by atoms with Gasteiger partial charge in [0.2, 0.25) is 0 Å². The number of rotatable bonds is 6. The molecule has 0 spiro atoms. The van der Waals surface area contributed by atoms with Crippen molar-refractivity contribution in [2.75, 3.05) is 7.05 Å². The van der Waals surface area contributed by atoms with E-state index in [1.165, 1.54) is 25.4 Å². The van der Waals surface area contributed by atoms with E-state index in [-0.39, 0.29) is 10.5 Å². The Hall–Kier alpha value is -3.24. The summed E-state index contributed by atoms with van der Waals surface area (Å²) in [5, 5.41) is 12.7. The van der Waals surface area contributed by atoms with Gasteiger partial charge in [-0.05, 0) is 42.8 Å². The van der Waals surface area contributed by atoms with Gasteiger partial charge in [0.05, 0.1) is 17.8 Å². The van der Waals surface area contributed by atoms with Crippen molar-refractivity contribution < 1.29 is 13.2 Å². The maximum Gasteiger partial charge on any atom is 0.279 e. The molecule has 0 radical (unpaired) electrons. The third-order valence-electron chi connectivity index (χ3n) is 3.62. The van der Waals surface area contributed by atoms with Crippen molar-refractivity contribution in [3.05, 3.63) is 77.4 Å². The number of hydrazone groups is 1. The largest absolute Gasteiger partial charge is 0.289 e. The Balaban J connectivity index is 2.37. The molecule has 0 atom stereocenters. The van der Waals surface area contributed by atoms with Crippen molar-refractivity contribution >= 4 is 22.0 Å². The third-order valence-corrected chi connectivity index (χ3v) is 5.32. The molecule has 0 aliphatic carbocycles. The summed E-state index contributed by atoms with van der Waals surface area (Å²) in [5.74, 6) is -0.475. The lowest BCUT2D eigenvalue weighted by atomic mass is 10.1. The molecule has 0 fully saturated rings. The SMILES string of the molecule is C=CC(=O)c1cc(C)ccc1S(=O)(=O)N(C)/N=C/c1ccc(C#N)cc1. The minimum atomic E-state index is -4.01. The zero-order valence-electron chi connectivity index (χ0n) is 14.4. The predicted octanol–water partition coefficient (Wildman–Crippen LogP) is 2.89. The van der Waals surface area contributed by atoms with Crippen molar-refractivity contribution in [3.8, 4) is 6.07 Å². The zero-order chi connectivity index (χ0) is 19.3. The normalized spacial score (nSPS) is 11.1. The molecule has 26 heavy (non-hydrogen) atoms. The van der Waals surface area contributed by atoms with E-state index in [0.29, 0.717) is 11.1 Å². The monoisotopic (exact) mass is 367 g/mol. The van der Waals surface area contributed by atoms with Gasteiger partial charge < -0.3 is 0 Å². The summed E-state index contributed by atoms with van der Waals surface area (Å²) < 4.78 is 26.4. The van der Waals surface area contributed by atoms with Gasteiger partial charge in [0, 0.05) is 12.6 Å². The number of benzene rings is 2. The highest BCUT2D eigenvalue weighted by atomic mass is 32.2. The first-order chi connectivity index (χ1) is 12.3. The van der Waals surface area contributed by atoms with E-state index in [9.17, 15) is 13.2 Å². The molecule has 0 aromatic heterocycles. The van der Waals surface area contributed by atoms with Gasteiger partial charge in [0.25, 0.3) is 10.0 Å². The summed E-state index contributed by atoms with van der Waals surface area (Å²) in [6, 6.07) is 13.0. The molecule has 0 bridgehead atoms. The predicted molar refractivity (Wildman–Crippen MR) is 99.4 cm³/mol. The lowest BCUT2D eigenvalue weighted by Crippen LogP contribution is -2.24. The summed E-state index contributed by atoms with van der Waals surface area (Å²) in [5.41, 5.74) is 1.95. The smallest absolute Gasteiger partial charge is 0.279 e. The minimum Gasteiger partial charge on any atom is -0.289 e. The Labute approximate surface area is 152 Å². The number of allylic oxidation sites excluding steroid dienone is 1. The van der Waals surface area contributed by atoms with Gasteiger partial charge in [-0.1, -0.05) is 30.3 Å². The van der Waals surface area contributed by atoms with E-state index in [0.717, 1.165) is 16.1 Å². The van der Waals surface area contributed by atoms with Crippen LogP contribution in [-0.4, -0.2) is 31.9 Å². The molecular weight excluding hydrogens is 350 g/mol. The van der Waals surface area contributed by atoms with Crippen molar-refractivity contribution in [1.82, 2.24) is 4.41 Å². The molecule has 0 heterocycles. The van der Waals surface area contributed by atoms with Crippen LogP contribution < -0.4 is 0 Å². The lowest BCUT2D eigenvalue weighted by Gasteiger charge is -2.16. The van der Waals surface area contributed by atoms with Crippen LogP contribution >= 0.6 is 0 Å². The van der Waals surface area contributed by atoms with E-state index in [1.807, 2.05) is 6.07 Å². The van der Waals surface area contributed by atoms with Gasteiger partial charge in [-0.15, -0.1) is 0 Å². The van der Waals surface area contributed by atoms with Crippen LogP contribution in [0.5, 0.6) is 0 Å². The fourth-order valence-electron chi connectivity index (χ4n) is 2.17. The molecule has 0 saturated heterocycles. The van der Waals surface area contributed by atoms with Gasteiger partial charge >= 0.3 is 0 Å². The second kappa shape index (κ2) is 7.76. The standard InChI is InChI=1S/C19H17N3O3S/c1-4-18(23)17-11-14(2)5-10-19(17)26(24,25)22(3)21-13-16-8-6-15(12-20)7-9-16/h4-11,13H,1H2,2-3H3/b21-13+. The van der Waals surface area contributed by atoms with Crippen molar-refractivity contribution in [1.29, 1.82) is 5.26 Å². The molecule has 2 rings (SSSR count). The Morgan fingerprint density at radius 2 is 1.88 bits per heavy atom. The van der Waals surface area contributed by atoms with E-state index in [1.54, 1.807) is 37.3 Å². The number of ketones is 1. The zero-order valence-corrected chi connectivity index (χ0v) is 15.2. The number of hydrogen-bond donors (Lipinski definition) is 0. The first kappa shape index (κ1) is 19.1. The lowest BCUT2D eigenvalue weighted by molar-refractivity contribution is 0.104. The van der Waals surface area contributed by atoms with Crippen molar-refractivity contribution in [2.45, 2.75) is 11.8 Å². The molecule has 2 aromatic rings. The van der Waals surface area contributed by atoms with Gasteiger partial charge in [0.1, 0.15) is 4.90 Å². The molecule has 0 N–H and O–H groups in total. The van der Waals surface area contributed by atoms with Gasteiger partial charge in [-0.2, -0.15) is 23.2 Å². The number of aryl methyl sites for hydroxylation is 1. The highest BCUT2D eigenvalue weighted by Gasteiger charge is 2.25. The van der Waals surface area contributed by atoms with E-state index < -0.39 is 15.8 Å². The number of sulfonamides is 1. The first-order valence-corrected chi connectivity index (χ1v) is 9.04. The molecule has 0 saturated carbocycles. The maximum absolute atomic E-state index is 12.8. The number of nitriles is 1. The van der Waals surface area contributed by atoms with Crippen molar-refractivity contribution in [2.24, 2.45) is 5.10 Å². The second-order valence-electron chi connectivity index (χ2n) is 5.49. The fraction of sp³-hybridized carbons (Fsp3) is 0.105. The average molecular weight is 367 g/mol. The van der Waals surface area contributed by atoms with Crippen LogP contribution in [-0.2, 0) is 10.0 Å². The van der Waals surface area contributed by atoms with Crippen LogP contribution in [0.1, 0.15) is 27.0 Å². The number of carbonyl (C=O) groups is 1. The fourth-order valence-corrected chi connectivity index (χ4v) is 3.30. The number of hydrogen-bond acceptors (Lipinski definition) is 5. The van der Waals surface area contributed by atoms with Crippen LogP contribution in [0.3, 0.4) is 0 Å². The Morgan fingerprint density at radius 3 is 2.46 bits per heavy atom. The van der Waals surface area contributed by atoms with Gasteiger partial charge in [-0.3, -0.25) is 4.79 Å². The number of nitrogens with zero attached hydrogens (tertiary/aromatic N) is 3. The Bertz CT molecular complexity index is 1020. The molecule has 2 aromatic carbocycles. The molecule has 0 unspecified atom stereocenters. The molecule has 0 amide bonds. The number of carbonyl (C=O) groups excluding carboxylic acids is 1. The third kappa shape index (κ3) is 4.05. The minimum absolute atomic E-state index is 0.0559. The second-order valence-corrected chi connectivity index (χ2v) is 7.40. The van der Waals surface area contributed by atoms with Crippen molar-refractivity contribution in [3.63, 3.8) is 0 Å². The van der Waals surface area contributed by atoms with Gasteiger partial charge in [-0.25, -0.2) is 0 Å². The summed E-state index contributed by atoms with van der Waals surface area (Å²) in [6.45, 7) is 5.18. The highest BCUT2D eigenvalue weighted by molar-refractivity contribution is 7.89. The first-order valence-electron chi connectivity index (χ1n) is 7.60. The Morgan fingerprint density at radius 1 is 1.23 bits per heavy atom. The molecule has 7 heteroatoms. The Kier molecular flexibility index (Phi) is 5.70.